The number of nitrogens with one attached hydrogen (secondary N) is 1. The third kappa shape index (κ3) is 6.00. The van der Waals surface area contributed by atoms with E-state index in [1.807, 2.05) is 6.08 Å². The predicted molar refractivity (Wildman–Crippen MR) is 60.9 cm³/mol. The van der Waals surface area contributed by atoms with Crippen LogP contribution >= 0.6 is 0 Å². The second-order valence-electron chi connectivity index (χ2n) is 2.83. The van der Waals surface area contributed by atoms with E-state index in [4.69, 9.17) is 0 Å². The third-order valence-corrected chi connectivity index (χ3v) is 1.74. The Morgan fingerprint density at radius 1 is 1.29 bits per heavy atom. The molecule has 0 aromatic heterocycles. The van der Waals surface area contributed by atoms with E-state index in [2.05, 4.69) is 25.1 Å². The van der Waals surface area contributed by atoms with E-state index in [1.54, 1.807) is 12.2 Å². The average Bonchev–Trinajstić information content (AvgIpc) is 2.21. The fourth-order valence-corrected chi connectivity index (χ4v) is 0.974. The molecule has 0 atom stereocenters. The zero-order valence-electron chi connectivity index (χ0n) is 8.46. The molecule has 0 heterocycles. The Morgan fingerprint density at radius 2 is 2.00 bits per heavy atom. The summed E-state index contributed by atoms with van der Waals surface area (Å²) in [5.41, 5.74) is 1.99. The van der Waals surface area contributed by atoms with Crippen LogP contribution in [-0.2, 0) is 4.79 Å². The fraction of sp³-hybridized carbons (Fsp3) is 0.250. The van der Waals surface area contributed by atoms with E-state index in [1.165, 1.54) is 0 Å². The first kappa shape index (κ1) is 12.4. The first-order valence-electron chi connectivity index (χ1n) is 4.54. The SMILES string of the molecule is C=C/C=C(\C=C)CCC(=C)NCC=O. The summed E-state index contributed by atoms with van der Waals surface area (Å²) < 4.78 is 0. The van der Waals surface area contributed by atoms with Crippen LogP contribution in [0, 0.1) is 0 Å². The highest BCUT2D eigenvalue weighted by Gasteiger charge is 1.95. The molecule has 0 aliphatic rings. The first-order valence-corrected chi connectivity index (χ1v) is 4.54. The molecule has 0 radical (unpaired) electrons. The van der Waals surface area contributed by atoms with Crippen LogP contribution in [-0.4, -0.2) is 12.8 Å². The third-order valence-electron chi connectivity index (χ3n) is 1.74. The van der Waals surface area contributed by atoms with Crippen LogP contribution in [0.15, 0.2) is 49.2 Å². The van der Waals surface area contributed by atoms with Crippen LogP contribution in [0.5, 0.6) is 0 Å². The second kappa shape index (κ2) is 8.05. The van der Waals surface area contributed by atoms with E-state index >= 15 is 0 Å². The molecular formula is C12H17NO. The Morgan fingerprint density at radius 3 is 2.50 bits per heavy atom. The lowest BCUT2D eigenvalue weighted by Gasteiger charge is -2.06. The molecule has 14 heavy (non-hydrogen) atoms. The lowest BCUT2D eigenvalue weighted by molar-refractivity contribution is -0.107. The van der Waals surface area contributed by atoms with Crippen LogP contribution in [0.2, 0.25) is 0 Å². The molecule has 0 aromatic carbocycles. The zero-order valence-corrected chi connectivity index (χ0v) is 8.46. The number of carbonyl (C=O) groups is 1. The molecule has 0 unspecified atom stereocenters. The van der Waals surface area contributed by atoms with E-state index in [0.717, 1.165) is 30.4 Å². The number of allylic oxidation sites excluding steroid dienone is 5. The van der Waals surface area contributed by atoms with Gasteiger partial charge in [0.05, 0.1) is 6.54 Å². The summed E-state index contributed by atoms with van der Waals surface area (Å²) in [5.74, 6) is 0. The summed E-state index contributed by atoms with van der Waals surface area (Å²) >= 11 is 0. The molecular weight excluding hydrogens is 174 g/mol. The summed E-state index contributed by atoms with van der Waals surface area (Å²) in [4.78, 5) is 10.1. The minimum absolute atomic E-state index is 0.327. The molecule has 2 nitrogen and oxygen atoms in total. The fourth-order valence-electron chi connectivity index (χ4n) is 0.974. The largest absolute Gasteiger partial charge is 0.382 e. The van der Waals surface area contributed by atoms with Crippen LogP contribution in [0.25, 0.3) is 0 Å². The number of aldehydes is 1. The maximum atomic E-state index is 10.1. The van der Waals surface area contributed by atoms with Crippen molar-refractivity contribution >= 4 is 6.29 Å². The highest BCUT2D eigenvalue weighted by molar-refractivity contribution is 5.52. The van der Waals surface area contributed by atoms with Gasteiger partial charge in [-0.15, -0.1) is 0 Å². The van der Waals surface area contributed by atoms with Crippen LogP contribution in [0.4, 0.5) is 0 Å². The van der Waals surface area contributed by atoms with Crippen molar-refractivity contribution in [3.05, 3.63) is 49.2 Å². The topological polar surface area (TPSA) is 29.1 Å². The molecule has 0 rings (SSSR count). The lowest BCUT2D eigenvalue weighted by Crippen LogP contribution is -2.14. The van der Waals surface area contributed by atoms with Crippen molar-refractivity contribution in [1.29, 1.82) is 0 Å². The van der Waals surface area contributed by atoms with Gasteiger partial charge in [-0.25, -0.2) is 0 Å². The molecule has 0 fully saturated rings. The molecule has 2 heteroatoms. The molecule has 0 saturated carbocycles. The lowest BCUT2D eigenvalue weighted by atomic mass is 10.1. The summed E-state index contributed by atoms with van der Waals surface area (Å²) in [6.45, 7) is 11.4. The van der Waals surface area contributed by atoms with Crippen LogP contribution < -0.4 is 5.32 Å². The highest BCUT2D eigenvalue weighted by Crippen LogP contribution is 2.09. The molecule has 0 saturated heterocycles. The van der Waals surface area contributed by atoms with Crippen LogP contribution in [0.3, 0.4) is 0 Å². The predicted octanol–water partition coefficient (Wildman–Crippen LogP) is 2.37. The number of hydrogen-bond acceptors (Lipinski definition) is 2. The minimum Gasteiger partial charge on any atom is -0.382 e. The minimum atomic E-state index is 0.327. The van der Waals surface area contributed by atoms with Crippen LogP contribution in [0.1, 0.15) is 12.8 Å². The Labute approximate surface area is 85.7 Å². The monoisotopic (exact) mass is 191 g/mol. The van der Waals surface area contributed by atoms with Gasteiger partial charge in [0.25, 0.3) is 0 Å². The molecule has 0 aliphatic carbocycles. The van der Waals surface area contributed by atoms with Gasteiger partial charge >= 0.3 is 0 Å². The van der Waals surface area contributed by atoms with Gasteiger partial charge < -0.3 is 10.1 Å². The highest BCUT2D eigenvalue weighted by atomic mass is 16.1. The van der Waals surface area contributed by atoms with E-state index in [-0.39, 0.29) is 0 Å². The van der Waals surface area contributed by atoms with Crippen molar-refractivity contribution in [2.75, 3.05) is 6.54 Å². The van der Waals surface area contributed by atoms with Crippen molar-refractivity contribution in [3.63, 3.8) is 0 Å². The Balaban J connectivity index is 3.85. The number of hydrogen-bond donors (Lipinski definition) is 1. The summed E-state index contributed by atoms with van der Waals surface area (Å²) in [6.07, 6.45) is 7.94. The first-order chi connectivity index (χ1) is 6.74. The van der Waals surface area contributed by atoms with Crippen molar-refractivity contribution in [2.45, 2.75) is 12.8 Å². The summed E-state index contributed by atoms with van der Waals surface area (Å²) in [7, 11) is 0. The van der Waals surface area contributed by atoms with Crippen molar-refractivity contribution < 1.29 is 4.79 Å². The molecule has 1 N–H and O–H groups in total. The second-order valence-corrected chi connectivity index (χ2v) is 2.83. The van der Waals surface area contributed by atoms with E-state index in [9.17, 15) is 4.79 Å². The van der Waals surface area contributed by atoms with Gasteiger partial charge in [-0.2, -0.15) is 0 Å². The Hall–Kier alpha value is -1.57. The maximum absolute atomic E-state index is 10.1. The van der Waals surface area contributed by atoms with E-state index < -0.39 is 0 Å². The van der Waals surface area contributed by atoms with Gasteiger partial charge in [-0.1, -0.05) is 38.0 Å². The van der Waals surface area contributed by atoms with Gasteiger partial charge in [0.15, 0.2) is 0 Å². The summed E-state index contributed by atoms with van der Waals surface area (Å²) in [5, 5.41) is 2.90. The Kier molecular flexibility index (Phi) is 7.15. The van der Waals surface area contributed by atoms with Gasteiger partial charge in [0.2, 0.25) is 0 Å². The van der Waals surface area contributed by atoms with Gasteiger partial charge in [-0.05, 0) is 18.4 Å². The zero-order chi connectivity index (χ0) is 10.8. The van der Waals surface area contributed by atoms with Gasteiger partial charge in [-0.3, -0.25) is 0 Å². The standard InChI is InChI=1S/C12H17NO/c1-4-6-12(5-2)8-7-11(3)13-9-10-14/h4-6,10,13H,1-3,7-9H2/b12-6+. The molecule has 0 aliphatic heterocycles. The van der Waals surface area contributed by atoms with Gasteiger partial charge in [0, 0.05) is 5.70 Å². The quantitative estimate of drug-likeness (QED) is 0.471. The molecule has 0 amide bonds. The molecule has 0 aromatic rings. The Bertz CT molecular complexity index is 251. The maximum Gasteiger partial charge on any atom is 0.139 e. The van der Waals surface area contributed by atoms with Crippen molar-refractivity contribution in [2.24, 2.45) is 0 Å². The molecule has 76 valence electrons. The number of carbonyl (C=O) groups excluding carboxylic acids is 1. The smallest absolute Gasteiger partial charge is 0.139 e. The van der Waals surface area contributed by atoms with Crippen molar-refractivity contribution in [1.82, 2.24) is 5.32 Å². The normalized spacial score (nSPS) is 10.4. The van der Waals surface area contributed by atoms with Gasteiger partial charge in [0.1, 0.15) is 6.29 Å². The van der Waals surface area contributed by atoms with Crippen molar-refractivity contribution in [3.8, 4) is 0 Å². The molecule has 0 spiro atoms. The number of rotatable bonds is 8. The average molecular weight is 191 g/mol. The van der Waals surface area contributed by atoms with E-state index in [0.29, 0.717) is 6.54 Å². The summed E-state index contributed by atoms with van der Waals surface area (Å²) in [6, 6.07) is 0. The molecule has 0 bridgehead atoms.